The fraction of sp³-hybridized carbons (Fsp3) is 0.0690. The van der Waals surface area contributed by atoms with Crippen molar-refractivity contribution >= 4 is 32.7 Å². The summed E-state index contributed by atoms with van der Waals surface area (Å²) in [6.45, 7) is 6.73. The number of ether oxygens (including phenoxy) is 1. The molecule has 0 fully saturated rings. The first kappa shape index (κ1) is 39.5. The SMILES string of the molecule is CC(C)(C)c1ccnc(-n2c3c(c4ccc(Oc5[c-]c(-n6[c-][n+](-c7ccccc7-c7ccccc7)c7ccccc76)ccc5)[c-]c42)-c2cccc4cccc(c24)-c2ccccc2-3)c1.[Pt]. The molecule has 0 unspecified atom stereocenters. The van der Waals surface area contributed by atoms with Crippen molar-refractivity contribution in [2.24, 2.45) is 0 Å². The molecule has 0 spiro atoms. The number of hydrogen-bond donors (Lipinski definition) is 0. The molecule has 0 bridgehead atoms. The Kier molecular flexibility index (Phi) is 9.56. The fourth-order valence-corrected chi connectivity index (χ4v) is 9.41. The Balaban J connectivity index is 0.00000456. The topological polar surface area (TPSA) is 35.9 Å². The molecule has 3 aromatic heterocycles. The van der Waals surface area contributed by atoms with Gasteiger partial charge in [0.05, 0.1) is 16.7 Å². The Morgan fingerprint density at radius 2 is 1.28 bits per heavy atom. The van der Waals surface area contributed by atoms with Crippen LogP contribution < -0.4 is 9.30 Å². The van der Waals surface area contributed by atoms with Gasteiger partial charge in [0.2, 0.25) is 0 Å². The first-order valence-corrected chi connectivity index (χ1v) is 21.4. The zero-order valence-corrected chi connectivity index (χ0v) is 37.7. The third kappa shape index (κ3) is 6.42. The quantitative estimate of drug-likeness (QED) is 0.123. The van der Waals surface area contributed by atoms with Crippen molar-refractivity contribution in [2.75, 3.05) is 0 Å². The Labute approximate surface area is 386 Å². The van der Waals surface area contributed by atoms with Crippen molar-refractivity contribution in [2.45, 2.75) is 26.2 Å². The molecule has 5 nitrogen and oxygen atoms in total. The normalized spacial score (nSPS) is 11.9. The molecule has 12 rings (SSSR count). The van der Waals surface area contributed by atoms with Crippen molar-refractivity contribution < 1.29 is 30.4 Å². The van der Waals surface area contributed by atoms with E-state index < -0.39 is 0 Å². The molecule has 0 radical (unpaired) electrons. The zero-order chi connectivity index (χ0) is 42.2. The van der Waals surface area contributed by atoms with Gasteiger partial charge in [0, 0.05) is 50.0 Å². The van der Waals surface area contributed by atoms with E-state index in [9.17, 15) is 0 Å². The average molecular weight is 1000 g/mol. The summed E-state index contributed by atoms with van der Waals surface area (Å²) in [7, 11) is 0. The third-order valence-corrected chi connectivity index (χ3v) is 12.3. The smallest absolute Gasteiger partial charge is 0.268 e. The molecular formula is C58H40N4OPt-2. The number of hydrogen-bond acceptors (Lipinski definition) is 2. The minimum Gasteiger partial charge on any atom is -0.510 e. The van der Waals surface area contributed by atoms with Crippen LogP contribution >= 0.6 is 0 Å². The van der Waals surface area contributed by atoms with Crippen LogP contribution in [-0.4, -0.2) is 14.1 Å². The number of para-hydroxylation sites is 3. The zero-order valence-electron chi connectivity index (χ0n) is 35.4. The molecule has 11 aromatic rings. The molecule has 0 saturated heterocycles. The standard InChI is InChI=1S/C58H40N4O.Pt/c1-58(2,3)40-32-33-59-54(34-40)62-53-36-43(30-31-48(53)56-49-26-14-19-39-18-13-25-46(55(39)49)45-23-7-8-24-47(45)57(56)62)63-42-21-15-20-41(35-42)60-37-61(52-29-12-11-28-51(52)60)50-27-10-9-22-44(50)38-16-5-4-6-17-38;/h4-34H,1-3H3;/q-2;. The van der Waals surface area contributed by atoms with E-state index in [1.807, 2.05) is 36.5 Å². The summed E-state index contributed by atoms with van der Waals surface area (Å²) >= 11 is 0. The van der Waals surface area contributed by atoms with E-state index in [-0.39, 0.29) is 26.5 Å². The molecule has 64 heavy (non-hydrogen) atoms. The maximum Gasteiger partial charge on any atom is 0.268 e. The average Bonchev–Trinajstić information content (AvgIpc) is 3.84. The van der Waals surface area contributed by atoms with E-state index >= 15 is 0 Å². The van der Waals surface area contributed by atoms with Crippen LogP contribution in [0.3, 0.4) is 0 Å². The summed E-state index contributed by atoms with van der Waals surface area (Å²) < 4.78 is 13.3. The molecule has 0 aliphatic heterocycles. The van der Waals surface area contributed by atoms with Gasteiger partial charge in [-0.15, -0.1) is 29.7 Å². The molecule has 0 atom stereocenters. The van der Waals surface area contributed by atoms with Crippen LogP contribution in [0.1, 0.15) is 26.3 Å². The maximum absolute atomic E-state index is 6.76. The molecule has 0 saturated carbocycles. The summed E-state index contributed by atoms with van der Waals surface area (Å²) in [5.74, 6) is 1.99. The number of pyridine rings is 1. The molecular weight excluding hydrogens is 964 g/mol. The molecule has 3 heterocycles. The summed E-state index contributed by atoms with van der Waals surface area (Å²) in [6, 6.07) is 71.3. The van der Waals surface area contributed by atoms with E-state index in [2.05, 4.69) is 205 Å². The number of nitrogens with zero attached hydrogens (tertiary/aromatic N) is 4. The first-order valence-electron chi connectivity index (χ1n) is 21.4. The van der Waals surface area contributed by atoms with Crippen LogP contribution in [0.2, 0.25) is 0 Å². The second kappa shape index (κ2) is 15.5. The van der Waals surface area contributed by atoms with Crippen molar-refractivity contribution in [1.29, 1.82) is 0 Å². The van der Waals surface area contributed by atoms with Crippen LogP contribution in [0.5, 0.6) is 11.5 Å². The van der Waals surface area contributed by atoms with E-state index in [1.165, 1.54) is 33.0 Å². The second-order valence-electron chi connectivity index (χ2n) is 17.2. The Bertz CT molecular complexity index is 3590. The van der Waals surface area contributed by atoms with Crippen LogP contribution in [0.15, 0.2) is 188 Å². The Morgan fingerprint density at radius 3 is 2.11 bits per heavy atom. The maximum atomic E-state index is 6.76. The van der Waals surface area contributed by atoms with Crippen molar-refractivity contribution in [3.8, 4) is 73.3 Å². The number of aromatic nitrogens is 4. The number of imidazole rings is 1. The predicted molar refractivity (Wildman–Crippen MR) is 254 cm³/mol. The molecule has 6 heteroatoms. The number of fused-ring (bicyclic) bond motifs is 8. The monoisotopic (exact) mass is 1000 g/mol. The van der Waals surface area contributed by atoms with Gasteiger partial charge in [-0.25, -0.2) is 4.98 Å². The van der Waals surface area contributed by atoms with Gasteiger partial charge >= 0.3 is 0 Å². The van der Waals surface area contributed by atoms with Crippen LogP contribution in [0, 0.1) is 18.5 Å². The Morgan fingerprint density at radius 1 is 0.594 bits per heavy atom. The van der Waals surface area contributed by atoms with Crippen LogP contribution in [-0.2, 0) is 26.5 Å². The third-order valence-electron chi connectivity index (χ3n) is 12.3. The van der Waals surface area contributed by atoms with Crippen molar-refractivity contribution in [3.05, 3.63) is 212 Å². The van der Waals surface area contributed by atoms with Crippen molar-refractivity contribution in [1.82, 2.24) is 14.1 Å². The summed E-state index contributed by atoms with van der Waals surface area (Å²) in [5.41, 5.74) is 15.2. The molecule has 1 aliphatic rings. The van der Waals surface area contributed by atoms with E-state index in [4.69, 9.17) is 9.72 Å². The van der Waals surface area contributed by atoms with Gasteiger partial charge in [-0.2, -0.15) is 18.2 Å². The van der Waals surface area contributed by atoms with E-state index in [1.54, 1.807) is 0 Å². The first-order chi connectivity index (χ1) is 30.9. The second-order valence-corrected chi connectivity index (χ2v) is 17.2. The number of rotatable bonds is 6. The van der Waals surface area contributed by atoms with Gasteiger partial charge in [0.25, 0.3) is 6.33 Å². The van der Waals surface area contributed by atoms with Gasteiger partial charge in [-0.1, -0.05) is 160 Å². The largest absolute Gasteiger partial charge is 0.510 e. The molecule has 8 aromatic carbocycles. The van der Waals surface area contributed by atoms with Crippen LogP contribution in [0.25, 0.3) is 94.5 Å². The molecule has 0 amide bonds. The van der Waals surface area contributed by atoms with E-state index in [0.717, 1.165) is 67.1 Å². The van der Waals surface area contributed by atoms with Gasteiger partial charge in [-0.3, -0.25) is 4.57 Å². The van der Waals surface area contributed by atoms with Gasteiger partial charge in [0.1, 0.15) is 5.82 Å². The molecule has 1 aliphatic carbocycles. The minimum atomic E-state index is -0.0802. The van der Waals surface area contributed by atoms with Gasteiger partial charge < -0.3 is 13.9 Å². The van der Waals surface area contributed by atoms with Gasteiger partial charge in [-0.05, 0) is 79.0 Å². The van der Waals surface area contributed by atoms with Gasteiger partial charge in [0.15, 0.2) is 0 Å². The predicted octanol–water partition coefficient (Wildman–Crippen LogP) is 13.9. The molecule has 0 N–H and O–H groups in total. The van der Waals surface area contributed by atoms with E-state index in [0.29, 0.717) is 11.5 Å². The summed E-state index contributed by atoms with van der Waals surface area (Å²) in [4.78, 5) is 5.07. The summed E-state index contributed by atoms with van der Waals surface area (Å²) in [5, 5.41) is 3.53. The van der Waals surface area contributed by atoms with Crippen LogP contribution in [0.4, 0.5) is 0 Å². The summed E-state index contributed by atoms with van der Waals surface area (Å²) in [6.07, 6.45) is 5.60. The fourth-order valence-electron chi connectivity index (χ4n) is 9.41. The molecule has 310 valence electrons. The number of benzene rings is 8. The Hall–Kier alpha value is -7.33. The van der Waals surface area contributed by atoms with Crippen molar-refractivity contribution in [3.63, 3.8) is 0 Å². The minimum absolute atomic E-state index is 0.